The van der Waals surface area contributed by atoms with Crippen LogP contribution in [0.25, 0.3) is 10.9 Å². The van der Waals surface area contributed by atoms with Crippen molar-refractivity contribution in [2.45, 2.75) is 39.7 Å². The van der Waals surface area contributed by atoms with E-state index in [0.29, 0.717) is 0 Å². The molecule has 0 amide bonds. The number of aromatic nitrogens is 1. The van der Waals surface area contributed by atoms with Gasteiger partial charge in [0, 0.05) is 22.6 Å². The Morgan fingerprint density at radius 2 is 2.06 bits per heavy atom. The van der Waals surface area contributed by atoms with Crippen LogP contribution in [0.4, 0.5) is 0 Å². The van der Waals surface area contributed by atoms with Crippen molar-refractivity contribution < 1.29 is 0 Å². The first-order valence-corrected chi connectivity index (χ1v) is 5.95. The standard InChI is InChI=1S/C14H20N2/c1-4-11(15)8-13-10(3)16-14-9(2)6-5-7-12(13)14/h5-7,11,16H,4,8,15H2,1-3H3. The maximum Gasteiger partial charge on any atom is 0.0488 e. The Hall–Kier alpha value is -1.28. The van der Waals surface area contributed by atoms with Crippen LogP contribution in [0.15, 0.2) is 18.2 Å². The molecule has 0 aliphatic rings. The maximum atomic E-state index is 6.05. The van der Waals surface area contributed by atoms with Crippen molar-refractivity contribution in [3.63, 3.8) is 0 Å². The largest absolute Gasteiger partial charge is 0.358 e. The molecule has 2 rings (SSSR count). The van der Waals surface area contributed by atoms with Gasteiger partial charge in [0.05, 0.1) is 0 Å². The molecule has 0 spiro atoms. The number of aromatic amines is 1. The van der Waals surface area contributed by atoms with Gasteiger partial charge in [0.25, 0.3) is 0 Å². The molecule has 16 heavy (non-hydrogen) atoms. The fraction of sp³-hybridized carbons (Fsp3) is 0.429. The second kappa shape index (κ2) is 4.30. The zero-order valence-electron chi connectivity index (χ0n) is 10.3. The number of aryl methyl sites for hydroxylation is 2. The number of benzene rings is 1. The molecule has 2 aromatic rings. The fourth-order valence-electron chi connectivity index (χ4n) is 2.22. The van der Waals surface area contributed by atoms with Crippen molar-refractivity contribution in [1.29, 1.82) is 0 Å². The molecule has 86 valence electrons. The van der Waals surface area contributed by atoms with Crippen LogP contribution >= 0.6 is 0 Å². The van der Waals surface area contributed by atoms with Crippen LogP contribution in [0.2, 0.25) is 0 Å². The third-order valence-electron chi connectivity index (χ3n) is 3.35. The molecule has 1 heterocycles. The van der Waals surface area contributed by atoms with Gasteiger partial charge in [-0.05, 0) is 37.8 Å². The van der Waals surface area contributed by atoms with Gasteiger partial charge in [-0.25, -0.2) is 0 Å². The minimum atomic E-state index is 0.262. The summed E-state index contributed by atoms with van der Waals surface area (Å²) in [5.74, 6) is 0. The van der Waals surface area contributed by atoms with Crippen LogP contribution in [-0.4, -0.2) is 11.0 Å². The summed E-state index contributed by atoms with van der Waals surface area (Å²) in [6.07, 6.45) is 1.99. The van der Waals surface area contributed by atoms with E-state index in [4.69, 9.17) is 5.73 Å². The number of rotatable bonds is 3. The lowest BCUT2D eigenvalue weighted by molar-refractivity contribution is 0.646. The molecule has 0 bridgehead atoms. The van der Waals surface area contributed by atoms with E-state index in [9.17, 15) is 0 Å². The van der Waals surface area contributed by atoms with Crippen LogP contribution in [0, 0.1) is 13.8 Å². The van der Waals surface area contributed by atoms with Gasteiger partial charge < -0.3 is 10.7 Å². The molecule has 0 saturated heterocycles. The van der Waals surface area contributed by atoms with Gasteiger partial charge in [-0.15, -0.1) is 0 Å². The molecule has 0 fully saturated rings. The number of fused-ring (bicyclic) bond motifs is 1. The first-order valence-electron chi connectivity index (χ1n) is 5.95. The van der Waals surface area contributed by atoms with E-state index in [2.05, 4.69) is 44.0 Å². The zero-order valence-corrected chi connectivity index (χ0v) is 10.3. The van der Waals surface area contributed by atoms with E-state index in [-0.39, 0.29) is 6.04 Å². The second-order valence-corrected chi connectivity index (χ2v) is 4.60. The molecule has 1 aromatic carbocycles. The zero-order chi connectivity index (χ0) is 11.7. The highest BCUT2D eigenvalue weighted by molar-refractivity contribution is 5.87. The fourth-order valence-corrected chi connectivity index (χ4v) is 2.22. The number of para-hydroxylation sites is 1. The number of H-pyrrole nitrogens is 1. The molecule has 1 unspecified atom stereocenters. The van der Waals surface area contributed by atoms with Crippen molar-refractivity contribution in [2.24, 2.45) is 5.73 Å². The van der Waals surface area contributed by atoms with Gasteiger partial charge in [0.1, 0.15) is 0 Å². The van der Waals surface area contributed by atoms with E-state index < -0.39 is 0 Å². The molecule has 1 aromatic heterocycles. The normalized spacial score (nSPS) is 13.2. The molecule has 0 radical (unpaired) electrons. The SMILES string of the molecule is CCC(N)Cc1c(C)[nH]c2c(C)cccc12. The lowest BCUT2D eigenvalue weighted by Gasteiger charge is -2.08. The van der Waals surface area contributed by atoms with Gasteiger partial charge in [-0.1, -0.05) is 25.1 Å². The Kier molecular flexibility index (Phi) is 3.01. The molecule has 0 aliphatic carbocycles. The summed E-state index contributed by atoms with van der Waals surface area (Å²) in [4.78, 5) is 3.47. The van der Waals surface area contributed by atoms with Crippen LogP contribution < -0.4 is 5.73 Å². The Balaban J connectivity index is 2.52. The summed E-state index contributed by atoms with van der Waals surface area (Å²) in [5.41, 5.74) is 11.3. The first-order chi connectivity index (χ1) is 7.63. The average molecular weight is 216 g/mol. The predicted molar refractivity (Wildman–Crippen MR) is 69.7 cm³/mol. The lowest BCUT2D eigenvalue weighted by atomic mass is 10.0. The van der Waals surface area contributed by atoms with Crippen LogP contribution in [0.5, 0.6) is 0 Å². The van der Waals surface area contributed by atoms with Crippen molar-refractivity contribution >= 4 is 10.9 Å². The first kappa shape index (κ1) is 11.2. The molecule has 2 heteroatoms. The summed E-state index contributed by atoms with van der Waals surface area (Å²) in [6.45, 7) is 6.42. The summed E-state index contributed by atoms with van der Waals surface area (Å²) < 4.78 is 0. The Morgan fingerprint density at radius 1 is 1.31 bits per heavy atom. The van der Waals surface area contributed by atoms with Gasteiger partial charge in [0.2, 0.25) is 0 Å². The van der Waals surface area contributed by atoms with Crippen molar-refractivity contribution in [3.05, 3.63) is 35.0 Å². The van der Waals surface area contributed by atoms with Crippen molar-refractivity contribution in [2.75, 3.05) is 0 Å². The topological polar surface area (TPSA) is 41.8 Å². The quantitative estimate of drug-likeness (QED) is 0.813. The molecule has 0 aliphatic heterocycles. The molecule has 1 atom stereocenters. The van der Waals surface area contributed by atoms with E-state index in [1.54, 1.807) is 0 Å². The van der Waals surface area contributed by atoms with Crippen LogP contribution in [0.3, 0.4) is 0 Å². The molecular formula is C14H20N2. The van der Waals surface area contributed by atoms with E-state index in [1.807, 2.05) is 0 Å². The number of nitrogens with two attached hydrogens (primary N) is 1. The summed E-state index contributed by atoms with van der Waals surface area (Å²) in [5, 5.41) is 1.33. The van der Waals surface area contributed by atoms with Crippen molar-refractivity contribution in [1.82, 2.24) is 4.98 Å². The van der Waals surface area contributed by atoms with Gasteiger partial charge in [0.15, 0.2) is 0 Å². The highest BCUT2D eigenvalue weighted by atomic mass is 14.7. The maximum absolute atomic E-state index is 6.05. The van der Waals surface area contributed by atoms with E-state index in [1.165, 1.54) is 27.7 Å². The second-order valence-electron chi connectivity index (χ2n) is 4.60. The predicted octanol–water partition coefficient (Wildman–Crippen LogP) is 3.06. The van der Waals surface area contributed by atoms with E-state index >= 15 is 0 Å². The number of hydrogen-bond acceptors (Lipinski definition) is 1. The van der Waals surface area contributed by atoms with Gasteiger partial charge in [-0.2, -0.15) is 0 Å². The van der Waals surface area contributed by atoms with Crippen LogP contribution in [0.1, 0.15) is 30.2 Å². The smallest absolute Gasteiger partial charge is 0.0488 e. The monoisotopic (exact) mass is 216 g/mol. The molecule has 3 N–H and O–H groups in total. The summed E-state index contributed by atoms with van der Waals surface area (Å²) >= 11 is 0. The summed E-state index contributed by atoms with van der Waals surface area (Å²) in [7, 11) is 0. The highest BCUT2D eigenvalue weighted by Crippen LogP contribution is 2.25. The lowest BCUT2D eigenvalue weighted by Crippen LogP contribution is -2.21. The number of nitrogens with one attached hydrogen (secondary N) is 1. The van der Waals surface area contributed by atoms with E-state index in [0.717, 1.165) is 12.8 Å². The molecule has 0 saturated carbocycles. The Labute approximate surface area is 96.9 Å². The molecule has 2 nitrogen and oxygen atoms in total. The molecular weight excluding hydrogens is 196 g/mol. The third kappa shape index (κ3) is 1.85. The minimum absolute atomic E-state index is 0.262. The van der Waals surface area contributed by atoms with Gasteiger partial charge >= 0.3 is 0 Å². The number of hydrogen-bond donors (Lipinski definition) is 2. The summed E-state index contributed by atoms with van der Waals surface area (Å²) in [6, 6.07) is 6.70. The highest BCUT2D eigenvalue weighted by Gasteiger charge is 2.11. The van der Waals surface area contributed by atoms with Crippen LogP contribution in [-0.2, 0) is 6.42 Å². The minimum Gasteiger partial charge on any atom is -0.358 e. The third-order valence-corrected chi connectivity index (χ3v) is 3.35. The van der Waals surface area contributed by atoms with Gasteiger partial charge in [-0.3, -0.25) is 0 Å². The Bertz CT molecular complexity index is 497. The van der Waals surface area contributed by atoms with Crippen molar-refractivity contribution in [3.8, 4) is 0 Å². The average Bonchev–Trinajstić information content (AvgIpc) is 2.58. The Morgan fingerprint density at radius 3 is 2.75 bits per heavy atom.